The molecule has 1 amide bonds. The van der Waals surface area contributed by atoms with Gasteiger partial charge < -0.3 is 9.64 Å². The molecule has 0 bridgehead atoms. The predicted octanol–water partition coefficient (Wildman–Crippen LogP) is 3.82. The SMILES string of the molecule is COc1cccc2c1N(C(=O)CC1=C(Cl)CCC=C1)CC2. The highest BCUT2D eigenvalue weighted by Gasteiger charge is 2.28. The van der Waals surface area contributed by atoms with Crippen molar-refractivity contribution < 1.29 is 9.53 Å². The van der Waals surface area contributed by atoms with E-state index in [1.165, 1.54) is 5.56 Å². The van der Waals surface area contributed by atoms with Gasteiger partial charge in [0.1, 0.15) is 5.75 Å². The van der Waals surface area contributed by atoms with Crippen LogP contribution in [0.15, 0.2) is 41.0 Å². The maximum absolute atomic E-state index is 12.6. The molecule has 1 aromatic carbocycles. The number of amides is 1. The maximum atomic E-state index is 12.6. The number of carbonyl (C=O) groups is 1. The Labute approximate surface area is 129 Å². The first kappa shape index (κ1) is 14.2. The van der Waals surface area contributed by atoms with Gasteiger partial charge in [0.2, 0.25) is 5.91 Å². The molecule has 0 N–H and O–H groups in total. The lowest BCUT2D eigenvalue weighted by atomic mass is 10.0. The van der Waals surface area contributed by atoms with E-state index in [-0.39, 0.29) is 5.91 Å². The van der Waals surface area contributed by atoms with E-state index in [9.17, 15) is 4.79 Å². The topological polar surface area (TPSA) is 29.5 Å². The van der Waals surface area contributed by atoms with Gasteiger partial charge in [0.05, 0.1) is 19.2 Å². The maximum Gasteiger partial charge on any atom is 0.231 e. The van der Waals surface area contributed by atoms with Gasteiger partial charge in [-0.1, -0.05) is 35.9 Å². The third kappa shape index (κ3) is 2.70. The monoisotopic (exact) mass is 303 g/mol. The summed E-state index contributed by atoms with van der Waals surface area (Å²) in [5, 5.41) is 0.810. The summed E-state index contributed by atoms with van der Waals surface area (Å²) in [7, 11) is 1.64. The predicted molar refractivity (Wildman–Crippen MR) is 84.9 cm³/mol. The highest BCUT2D eigenvalue weighted by atomic mass is 35.5. The molecule has 3 rings (SSSR count). The molecule has 0 aromatic heterocycles. The molecule has 21 heavy (non-hydrogen) atoms. The van der Waals surface area contributed by atoms with E-state index < -0.39 is 0 Å². The van der Waals surface area contributed by atoms with E-state index in [1.807, 2.05) is 23.1 Å². The van der Waals surface area contributed by atoms with Crippen LogP contribution in [0.25, 0.3) is 0 Å². The van der Waals surface area contributed by atoms with E-state index in [4.69, 9.17) is 16.3 Å². The number of nitrogens with zero attached hydrogens (tertiary/aromatic N) is 1. The fraction of sp³-hybridized carbons (Fsp3) is 0.353. The number of para-hydroxylation sites is 1. The van der Waals surface area contributed by atoms with Crippen molar-refractivity contribution in [2.75, 3.05) is 18.6 Å². The lowest BCUT2D eigenvalue weighted by molar-refractivity contribution is -0.117. The van der Waals surface area contributed by atoms with Crippen LogP contribution in [0.5, 0.6) is 5.75 Å². The molecule has 1 aromatic rings. The Morgan fingerprint density at radius 3 is 3.00 bits per heavy atom. The van der Waals surface area contributed by atoms with Gasteiger partial charge >= 0.3 is 0 Å². The minimum Gasteiger partial charge on any atom is -0.495 e. The van der Waals surface area contributed by atoms with Gasteiger partial charge in [-0.05, 0) is 36.5 Å². The second kappa shape index (κ2) is 5.94. The van der Waals surface area contributed by atoms with Crippen LogP contribution in [-0.4, -0.2) is 19.6 Å². The molecule has 0 fully saturated rings. The summed E-state index contributed by atoms with van der Waals surface area (Å²) in [4.78, 5) is 14.5. The summed E-state index contributed by atoms with van der Waals surface area (Å²) in [6.07, 6.45) is 7.07. The molecule has 0 atom stereocenters. The van der Waals surface area contributed by atoms with Crippen LogP contribution in [0.4, 0.5) is 5.69 Å². The van der Waals surface area contributed by atoms with Gasteiger partial charge in [-0.15, -0.1) is 0 Å². The van der Waals surface area contributed by atoms with Gasteiger partial charge in [-0.3, -0.25) is 4.79 Å². The van der Waals surface area contributed by atoms with Gasteiger partial charge in [0, 0.05) is 11.6 Å². The Kier molecular flexibility index (Phi) is 4.02. The van der Waals surface area contributed by atoms with E-state index >= 15 is 0 Å². The van der Waals surface area contributed by atoms with Crippen molar-refractivity contribution in [1.82, 2.24) is 0 Å². The molecule has 0 saturated heterocycles. The summed E-state index contributed by atoms with van der Waals surface area (Å²) in [6, 6.07) is 5.92. The van der Waals surface area contributed by atoms with Crippen LogP contribution in [-0.2, 0) is 11.2 Å². The van der Waals surface area contributed by atoms with Crippen LogP contribution < -0.4 is 9.64 Å². The van der Waals surface area contributed by atoms with Crippen molar-refractivity contribution in [2.24, 2.45) is 0 Å². The van der Waals surface area contributed by atoms with E-state index in [1.54, 1.807) is 7.11 Å². The zero-order chi connectivity index (χ0) is 14.8. The molecule has 2 aliphatic rings. The lowest BCUT2D eigenvalue weighted by Crippen LogP contribution is -2.29. The zero-order valence-corrected chi connectivity index (χ0v) is 12.8. The minimum absolute atomic E-state index is 0.0814. The van der Waals surface area contributed by atoms with E-state index in [2.05, 4.69) is 12.1 Å². The Balaban J connectivity index is 1.84. The zero-order valence-electron chi connectivity index (χ0n) is 12.1. The molecule has 0 radical (unpaired) electrons. The molecular formula is C17H18ClNO2. The number of hydrogen-bond donors (Lipinski definition) is 0. The van der Waals surface area contributed by atoms with Gasteiger partial charge in [-0.2, -0.15) is 0 Å². The van der Waals surface area contributed by atoms with Gasteiger partial charge in [0.15, 0.2) is 0 Å². The number of anilines is 1. The van der Waals surface area contributed by atoms with Crippen LogP contribution in [0, 0.1) is 0 Å². The average molecular weight is 304 g/mol. The summed E-state index contributed by atoms with van der Waals surface area (Å²) in [5.74, 6) is 0.843. The molecule has 0 unspecified atom stereocenters. The van der Waals surface area contributed by atoms with Crippen molar-refractivity contribution >= 4 is 23.2 Å². The van der Waals surface area contributed by atoms with Crippen molar-refractivity contribution in [3.05, 3.63) is 46.5 Å². The highest BCUT2D eigenvalue weighted by molar-refractivity contribution is 6.30. The first-order valence-corrected chi connectivity index (χ1v) is 7.59. The molecule has 110 valence electrons. The van der Waals surface area contributed by atoms with E-state index in [0.717, 1.165) is 41.3 Å². The number of hydrogen-bond acceptors (Lipinski definition) is 2. The normalized spacial score (nSPS) is 17.1. The number of allylic oxidation sites excluding steroid dienone is 3. The Bertz CT molecular complexity index is 634. The number of benzene rings is 1. The van der Waals surface area contributed by atoms with Crippen LogP contribution in [0.1, 0.15) is 24.8 Å². The first-order valence-electron chi connectivity index (χ1n) is 7.21. The second-order valence-electron chi connectivity index (χ2n) is 5.31. The van der Waals surface area contributed by atoms with Gasteiger partial charge in [0.25, 0.3) is 0 Å². The van der Waals surface area contributed by atoms with Crippen LogP contribution in [0.2, 0.25) is 0 Å². The second-order valence-corrected chi connectivity index (χ2v) is 5.77. The Morgan fingerprint density at radius 1 is 1.38 bits per heavy atom. The number of ether oxygens (including phenoxy) is 1. The number of methoxy groups -OCH3 is 1. The number of carbonyl (C=O) groups excluding carboxylic acids is 1. The smallest absolute Gasteiger partial charge is 0.231 e. The van der Waals surface area contributed by atoms with Crippen molar-refractivity contribution in [2.45, 2.75) is 25.7 Å². The highest BCUT2D eigenvalue weighted by Crippen LogP contribution is 2.38. The van der Waals surface area contributed by atoms with Crippen LogP contribution >= 0.6 is 11.6 Å². The Morgan fingerprint density at radius 2 is 2.24 bits per heavy atom. The fourth-order valence-corrected chi connectivity index (χ4v) is 3.17. The third-order valence-corrected chi connectivity index (χ3v) is 4.45. The largest absolute Gasteiger partial charge is 0.495 e. The lowest BCUT2D eigenvalue weighted by Gasteiger charge is -2.21. The first-order chi connectivity index (χ1) is 10.2. The summed E-state index contributed by atoms with van der Waals surface area (Å²) in [5.41, 5.74) is 3.03. The molecule has 1 heterocycles. The Hall–Kier alpha value is -1.74. The summed E-state index contributed by atoms with van der Waals surface area (Å²) in [6.45, 7) is 0.711. The fourth-order valence-electron chi connectivity index (χ4n) is 2.93. The van der Waals surface area contributed by atoms with Crippen molar-refractivity contribution in [3.63, 3.8) is 0 Å². The third-order valence-electron chi connectivity index (χ3n) is 4.02. The molecular weight excluding hydrogens is 286 g/mol. The number of fused-ring (bicyclic) bond motifs is 1. The van der Waals surface area contributed by atoms with E-state index in [0.29, 0.717) is 13.0 Å². The molecule has 3 nitrogen and oxygen atoms in total. The minimum atomic E-state index is 0.0814. The molecule has 0 saturated carbocycles. The molecule has 1 aliphatic carbocycles. The summed E-state index contributed by atoms with van der Waals surface area (Å²) < 4.78 is 5.40. The molecule has 4 heteroatoms. The summed E-state index contributed by atoms with van der Waals surface area (Å²) >= 11 is 6.23. The number of rotatable bonds is 3. The van der Waals surface area contributed by atoms with Gasteiger partial charge in [-0.25, -0.2) is 0 Å². The average Bonchev–Trinajstić information content (AvgIpc) is 2.93. The standard InChI is InChI=1S/C17H18ClNO2/c1-21-15-8-4-6-12-9-10-19(17(12)15)16(20)11-13-5-2-3-7-14(13)18/h2,4-6,8H,3,7,9-11H2,1H3. The van der Waals surface area contributed by atoms with Crippen molar-refractivity contribution in [3.8, 4) is 5.75 Å². The van der Waals surface area contributed by atoms with Crippen LogP contribution in [0.3, 0.4) is 0 Å². The molecule has 1 aliphatic heterocycles. The number of halogens is 1. The molecule has 0 spiro atoms. The quantitative estimate of drug-likeness (QED) is 0.849. The van der Waals surface area contributed by atoms with Crippen molar-refractivity contribution in [1.29, 1.82) is 0 Å².